The van der Waals surface area contributed by atoms with E-state index in [-0.39, 0.29) is 29.0 Å². The molecule has 3 atom stereocenters. The number of benzene rings is 1. The van der Waals surface area contributed by atoms with E-state index in [9.17, 15) is 24.0 Å². The minimum Gasteiger partial charge on any atom is -0.349 e. The number of rotatable bonds is 6. The third-order valence-electron chi connectivity index (χ3n) is 7.46. The lowest BCUT2D eigenvalue weighted by Gasteiger charge is -2.37. The second-order valence-corrected chi connectivity index (χ2v) is 12.6. The van der Waals surface area contributed by atoms with Crippen LogP contribution in [0.1, 0.15) is 50.0 Å². The number of nitrogens with one attached hydrogen (secondary N) is 3. The van der Waals surface area contributed by atoms with Gasteiger partial charge in [0.05, 0.1) is 23.0 Å². The second kappa shape index (κ2) is 13.2. The predicted molar refractivity (Wildman–Crippen MR) is 159 cm³/mol. The molecule has 4 rings (SSSR count). The number of carbonyl (C=O) groups excluding carboxylic acids is 5. The first-order chi connectivity index (χ1) is 19.8. The Balaban J connectivity index is 1.49. The number of fused-ring (bicyclic) bond motifs is 1. The van der Waals surface area contributed by atoms with Crippen LogP contribution in [0.25, 0.3) is 0 Å². The zero-order valence-corrected chi connectivity index (χ0v) is 25.9. The number of halogens is 1. The second-order valence-electron chi connectivity index (χ2n) is 11.1. The molecule has 226 valence electrons. The molecular formula is C28H36ClN7O5S. The molecular weight excluding hydrogens is 582 g/mol. The van der Waals surface area contributed by atoms with Crippen molar-refractivity contribution in [2.45, 2.75) is 44.3 Å². The molecule has 0 spiro atoms. The Morgan fingerprint density at radius 2 is 1.74 bits per heavy atom. The topological polar surface area (TPSA) is 144 Å². The maximum absolute atomic E-state index is 13.3. The van der Waals surface area contributed by atoms with Crippen LogP contribution in [0.5, 0.6) is 0 Å². The zero-order valence-electron chi connectivity index (χ0n) is 24.3. The van der Waals surface area contributed by atoms with Crippen LogP contribution in [-0.2, 0) is 27.3 Å². The number of carbonyl (C=O) groups is 5. The molecule has 1 saturated carbocycles. The van der Waals surface area contributed by atoms with E-state index in [1.807, 2.05) is 7.05 Å². The minimum absolute atomic E-state index is 0.0645. The first kappa shape index (κ1) is 31.4. The maximum Gasteiger partial charge on any atom is 0.313 e. The van der Waals surface area contributed by atoms with Crippen molar-refractivity contribution in [2.75, 3.05) is 47.1 Å². The number of hydrogen-bond donors (Lipinski definition) is 3. The Morgan fingerprint density at radius 3 is 2.43 bits per heavy atom. The molecule has 14 heteroatoms. The Labute approximate surface area is 253 Å². The number of amides is 5. The molecule has 0 bridgehead atoms. The number of nitrogens with zero attached hydrogens (tertiary/aromatic N) is 4. The normalized spacial score (nSPS) is 20.2. The molecule has 0 radical (unpaired) electrons. The molecule has 5 amide bonds. The van der Waals surface area contributed by atoms with E-state index in [2.05, 4.69) is 25.8 Å². The highest BCUT2D eigenvalue weighted by atomic mass is 35.5. The van der Waals surface area contributed by atoms with Gasteiger partial charge in [-0.25, -0.2) is 4.98 Å². The van der Waals surface area contributed by atoms with Gasteiger partial charge in [0.25, 0.3) is 11.8 Å². The largest absolute Gasteiger partial charge is 0.349 e. The monoisotopic (exact) mass is 617 g/mol. The van der Waals surface area contributed by atoms with Gasteiger partial charge < -0.3 is 30.7 Å². The molecule has 42 heavy (non-hydrogen) atoms. The van der Waals surface area contributed by atoms with Crippen LogP contribution in [0, 0.1) is 5.92 Å². The fourth-order valence-electron chi connectivity index (χ4n) is 5.20. The molecule has 0 saturated heterocycles. The summed E-state index contributed by atoms with van der Waals surface area (Å²) in [5.74, 6) is -3.09. The molecule has 2 aromatic rings. The van der Waals surface area contributed by atoms with Gasteiger partial charge in [-0.15, -0.1) is 11.3 Å². The summed E-state index contributed by atoms with van der Waals surface area (Å²) < 4.78 is 0. The number of likely N-dealkylation sites (N-methyl/N-ethyl adjacent to an activating group) is 1. The number of thiazole rings is 1. The molecule has 0 unspecified atom stereocenters. The molecule has 1 aromatic carbocycles. The average molecular weight is 618 g/mol. The van der Waals surface area contributed by atoms with E-state index in [0.717, 1.165) is 30.1 Å². The summed E-state index contributed by atoms with van der Waals surface area (Å²) >= 11 is 7.40. The van der Waals surface area contributed by atoms with Crippen LogP contribution in [0.3, 0.4) is 0 Å². The third-order valence-corrected chi connectivity index (χ3v) is 8.78. The summed E-state index contributed by atoms with van der Waals surface area (Å²) in [6, 6.07) is 3.16. The van der Waals surface area contributed by atoms with E-state index in [0.29, 0.717) is 29.3 Å². The highest BCUT2D eigenvalue weighted by Gasteiger charge is 2.38. The van der Waals surface area contributed by atoms with Crippen molar-refractivity contribution < 1.29 is 24.0 Å². The van der Waals surface area contributed by atoms with Crippen molar-refractivity contribution in [2.24, 2.45) is 5.92 Å². The molecule has 3 N–H and O–H groups in total. The van der Waals surface area contributed by atoms with Crippen molar-refractivity contribution in [3.8, 4) is 0 Å². The van der Waals surface area contributed by atoms with Crippen LogP contribution in [0.2, 0.25) is 5.02 Å². The Bertz CT molecular complexity index is 1390. The van der Waals surface area contributed by atoms with Gasteiger partial charge in [0, 0.05) is 69.6 Å². The lowest BCUT2D eigenvalue weighted by molar-refractivity contribution is -0.137. The molecule has 1 fully saturated rings. The molecule has 12 nitrogen and oxygen atoms in total. The number of hydrogen-bond acceptors (Lipinski definition) is 8. The molecule has 1 aliphatic carbocycles. The SMILES string of the molecule is CN1CCc2nc(C(=O)N[C@@H]3C[C@@H](C(=O)N(C)C)CC[C@@H]3NC(=O)C(=O)Nc3ccc(Cl)cc3C(=O)N(C)C)sc2C1. The van der Waals surface area contributed by atoms with E-state index in [4.69, 9.17) is 11.6 Å². The van der Waals surface area contributed by atoms with Crippen molar-refractivity contribution >= 4 is 58.2 Å². The van der Waals surface area contributed by atoms with Crippen molar-refractivity contribution in [3.05, 3.63) is 44.4 Å². The first-order valence-electron chi connectivity index (χ1n) is 13.7. The maximum atomic E-state index is 13.3. The molecule has 2 heterocycles. The summed E-state index contributed by atoms with van der Waals surface area (Å²) in [5.41, 5.74) is 1.20. The highest BCUT2D eigenvalue weighted by molar-refractivity contribution is 7.13. The zero-order chi connectivity index (χ0) is 30.7. The van der Waals surface area contributed by atoms with Crippen LogP contribution < -0.4 is 16.0 Å². The lowest BCUT2D eigenvalue weighted by Crippen LogP contribution is -2.57. The Morgan fingerprint density at radius 1 is 1.00 bits per heavy atom. The fourth-order valence-corrected chi connectivity index (χ4v) is 6.46. The van der Waals surface area contributed by atoms with E-state index in [1.54, 1.807) is 28.2 Å². The molecule has 2 aliphatic rings. The Hall–Kier alpha value is -3.55. The lowest BCUT2D eigenvalue weighted by atomic mass is 9.81. The summed E-state index contributed by atoms with van der Waals surface area (Å²) in [6.45, 7) is 1.60. The van der Waals surface area contributed by atoms with Gasteiger partial charge in [0.15, 0.2) is 5.01 Å². The van der Waals surface area contributed by atoms with Gasteiger partial charge in [0.1, 0.15) is 0 Å². The summed E-state index contributed by atoms with van der Waals surface area (Å²) in [7, 11) is 8.50. The van der Waals surface area contributed by atoms with Gasteiger partial charge in [-0.2, -0.15) is 0 Å². The van der Waals surface area contributed by atoms with Gasteiger partial charge in [-0.05, 0) is 44.5 Å². The van der Waals surface area contributed by atoms with Gasteiger partial charge in [-0.3, -0.25) is 24.0 Å². The van der Waals surface area contributed by atoms with E-state index in [1.165, 1.54) is 39.3 Å². The van der Waals surface area contributed by atoms with Crippen molar-refractivity contribution in [1.29, 1.82) is 0 Å². The Kier molecular flexibility index (Phi) is 9.85. The summed E-state index contributed by atoms with van der Waals surface area (Å²) in [6.07, 6.45) is 1.91. The first-order valence-corrected chi connectivity index (χ1v) is 14.9. The molecule has 1 aliphatic heterocycles. The van der Waals surface area contributed by atoms with Crippen LogP contribution in [0.4, 0.5) is 5.69 Å². The standard InChI is InChI=1S/C28H36ClN7O5S/c1-34(2)27(40)15-6-8-19(21(12-15)32-25(39)26-33-20-10-11-36(5)14-22(20)42-26)31-24(38)23(37)30-18-9-7-16(29)13-17(18)28(41)35(3)4/h7,9,13,15,19,21H,6,8,10-12,14H2,1-5H3,(H,30,37)(H,31,38)(H,32,39)/t15-,19-,21+/m0/s1. The third kappa shape index (κ3) is 7.26. The van der Waals surface area contributed by atoms with Crippen molar-refractivity contribution in [1.82, 2.24) is 30.3 Å². The highest BCUT2D eigenvalue weighted by Crippen LogP contribution is 2.29. The van der Waals surface area contributed by atoms with Gasteiger partial charge in [-0.1, -0.05) is 11.6 Å². The minimum atomic E-state index is -0.974. The average Bonchev–Trinajstić information content (AvgIpc) is 3.37. The summed E-state index contributed by atoms with van der Waals surface area (Å²) in [4.78, 5) is 75.2. The smallest absolute Gasteiger partial charge is 0.313 e. The number of aromatic nitrogens is 1. The molecule has 1 aromatic heterocycles. The number of anilines is 1. The fraction of sp³-hybridized carbons (Fsp3) is 0.500. The van der Waals surface area contributed by atoms with Crippen LogP contribution >= 0.6 is 22.9 Å². The quantitative estimate of drug-likeness (QED) is 0.418. The van der Waals surface area contributed by atoms with E-state index >= 15 is 0 Å². The van der Waals surface area contributed by atoms with E-state index < -0.39 is 29.8 Å². The van der Waals surface area contributed by atoms with Crippen LogP contribution in [0.15, 0.2) is 18.2 Å². The van der Waals surface area contributed by atoms with Gasteiger partial charge >= 0.3 is 11.8 Å². The summed E-state index contributed by atoms with van der Waals surface area (Å²) in [5, 5.41) is 8.85. The van der Waals surface area contributed by atoms with Crippen molar-refractivity contribution in [3.63, 3.8) is 0 Å². The van der Waals surface area contributed by atoms with Gasteiger partial charge in [0.2, 0.25) is 5.91 Å². The predicted octanol–water partition coefficient (Wildman–Crippen LogP) is 1.60. The van der Waals surface area contributed by atoms with Crippen LogP contribution in [-0.4, -0.2) is 103 Å².